The quantitative estimate of drug-likeness (QED) is 0.644. The van der Waals surface area contributed by atoms with Crippen molar-refractivity contribution in [2.45, 2.75) is 19.9 Å². The molecule has 7 heteroatoms. The maximum absolute atomic E-state index is 12.1. The number of non-ortho nitro benzene ring substituents is 1. The average Bonchev–Trinajstić information content (AvgIpc) is 2.54. The molecule has 0 heterocycles. The van der Waals surface area contributed by atoms with E-state index in [9.17, 15) is 14.9 Å². The second kappa shape index (κ2) is 7.45. The van der Waals surface area contributed by atoms with Crippen molar-refractivity contribution in [2.24, 2.45) is 0 Å². The number of nitro benzene ring substituents is 1. The topological polar surface area (TPSA) is 93.5 Å². The van der Waals surface area contributed by atoms with Crippen LogP contribution in [-0.4, -0.2) is 18.1 Å². The van der Waals surface area contributed by atoms with Crippen LogP contribution in [0.3, 0.4) is 0 Å². The van der Waals surface area contributed by atoms with Crippen LogP contribution < -0.4 is 15.4 Å². The zero-order valence-electron chi connectivity index (χ0n) is 13.7. The number of aryl methyl sites for hydroxylation is 1. The highest BCUT2D eigenvalue weighted by atomic mass is 16.6. The fourth-order valence-corrected chi connectivity index (χ4v) is 2.33. The monoisotopic (exact) mass is 329 g/mol. The van der Waals surface area contributed by atoms with Gasteiger partial charge >= 0.3 is 6.03 Å². The highest BCUT2D eigenvalue weighted by molar-refractivity contribution is 5.89. The number of benzene rings is 2. The molecule has 0 aromatic heterocycles. The molecule has 0 fully saturated rings. The number of methoxy groups -OCH3 is 1. The van der Waals surface area contributed by atoms with Crippen molar-refractivity contribution in [1.29, 1.82) is 0 Å². The summed E-state index contributed by atoms with van der Waals surface area (Å²) in [5.41, 5.74) is 2.18. The van der Waals surface area contributed by atoms with Gasteiger partial charge in [0.2, 0.25) is 0 Å². The van der Waals surface area contributed by atoms with Crippen LogP contribution in [0.2, 0.25) is 0 Å². The molecule has 0 spiro atoms. The minimum Gasteiger partial charge on any atom is -0.496 e. The number of rotatable bonds is 5. The van der Waals surface area contributed by atoms with Gasteiger partial charge in [0, 0.05) is 23.4 Å². The molecule has 2 rings (SSSR count). The first-order chi connectivity index (χ1) is 11.4. The van der Waals surface area contributed by atoms with Gasteiger partial charge in [-0.3, -0.25) is 10.1 Å². The van der Waals surface area contributed by atoms with Gasteiger partial charge in [-0.15, -0.1) is 0 Å². The predicted molar refractivity (Wildman–Crippen MR) is 91.4 cm³/mol. The number of nitro groups is 1. The summed E-state index contributed by atoms with van der Waals surface area (Å²) in [4.78, 5) is 22.4. The molecule has 2 aromatic rings. The Balaban J connectivity index is 2.08. The highest BCUT2D eigenvalue weighted by Gasteiger charge is 2.15. The fraction of sp³-hybridized carbons (Fsp3) is 0.235. The van der Waals surface area contributed by atoms with E-state index in [1.807, 2.05) is 32.0 Å². The molecule has 0 saturated heterocycles. The van der Waals surface area contributed by atoms with E-state index in [1.165, 1.54) is 18.2 Å². The largest absolute Gasteiger partial charge is 0.496 e. The van der Waals surface area contributed by atoms with Crippen LogP contribution in [0.1, 0.15) is 24.1 Å². The normalized spacial score (nSPS) is 11.5. The Hall–Kier alpha value is -3.09. The Morgan fingerprint density at radius 3 is 2.67 bits per heavy atom. The van der Waals surface area contributed by atoms with Crippen LogP contribution in [0, 0.1) is 17.0 Å². The number of urea groups is 1. The number of nitrogens with zero attached hydrogens (tertiary/aromatic N) is 1. The van der Waals surface area contributed by atoms with Gasteiger partial charge in [0.05, 0.1) is 18.1 Å². The summed E-state index contributed by atoms with van der Waals surface area (Å²) in [6.45, 7) is 3.79. The summed E-state index contributed by atoms with van der Waals surface area (Å²) >= 11 is 0. The molecule has 126 valence electrons. The molecule has 2 N–H and O–H groups in total. The van der Waals surface area contributed by atoms with E-state index in [4.69, 9.17) is 4.74 Å². The number of carbonyl (C=O) groups is 1. The number of ether oxygens (including phenoxy) is 1. The van der Waals surface area contributed by atoms with Crippen LogP contribution in [0.5, 0.6) is 5.75 Å². The van der Waals surface area contributed by atoms with Gasteiger partial charge in [-0.2, -0.15) is 0 Å². The first kappa shape index (κ1) is 17.3. The minimum atomic E-state index is -0.511. The van der Waals surface area contributed by atoms with Crippen molar-refractivity contribution < 1.29 is 14.5 Å². The van der Waals surface area contributed by atoms with Gasteiger partial charge < -0.3 is 15.4 Å². The van der Waals surface area contributed by atoms with Crippen LogP contribution in [-0.2, 0) is 0 Å². The molecule has 0 aliphatic heterocycles. The van der Waals surface area contributed by atoms with Gasteiger partial charge in [0.15, 0.2) is 0 Å². The lowest BCUT2D eigenvalue weighted by Crippen LogP contribution is -2.31. The van der Waals surface area contributed by atoms with Gasteiger partial charge in [-0.25, -0.2) is 4.79 Å². The van der Waals surface area contributed by atoms with Crippen molar-refractivity contribution in [3.8, 4) is 5.75 Å². The summed E-state index contributed by atoms with van der Waals surface area (Å²) in [6.07, 6.45) is 0. The molecule has 0 aliphatic carbocycles. The number of hydrogen-bond acceptors (Lipinski definition) is 4. The smallest absolute Gasteiger partial charge is 0.319 e. The minimum absolute atomic E-state index is 0.0822. The standard InChI is InChI=1S/C17H19N3O4/c1-11-7-8-16(24-3)15(9-11)12(2)18-17(21)19-13-5-4-6-14(10-13)20(22)23/h4-10,12H,1-3H3,(H2,18,19,21). The van der Waals surface area contributed by atoms with E-state index < -0.39 is 11.0 Å². The van der Waals surface area contributed by atoms with Crippen LogP contribution in [0.15, 0.2) is 42.5 Å². The third-order valence-electron chi connectivity index (χ3n) is 3.51. The van der Waals surface area contributed by atoms with E-state index >= 15 is 0 Å². The Bertz CT molecular complexity index is 761. The number of nitrogens with one attached hydrogen (secondary N) is 2. The van der Waals surface area contributed by atoms with Gasteiger partial charge in [0.1, 0.15) is 5.75 Å². The van der Waals surface area contributed by atoms with E-state index in [-0.39, 0.29) is 11.7 Å². The van der Waals surface area contributed by atoms with Crippen molar-refractivity contribution in [1.82, 2.24) is 5.32 Å². The van der Waals surface area contributed by atoms with E-state index in [0.717, 1.165) is 11.1 Å². The van der Waals surface area contributed by atoms with Crippen LogP contribution >= 0.6 is 0 Å². The summed E-state index contributed by atoms with van der Waals surface area (Å²) in [6, 6.07) is 10.7. The zero-order chi connectivity index (χ0) is 17.7. The van der Waals surface area contributed by atoms with Gasteiger partial charge in [-0.05, 0) is 26.0 Å². The Labute approximate surface area is 139 Å². The van der Waals surface area contributed by atoms with Gasteiger partial charge in [0.25, 0.3) is 5.69 Å². The molecular weight excluding hydrogens is 310 g/mol. The Morgan fingerprint density at radius 2 is 2.00 bits per heavy atom. The Morgan fingerprint density at radius 1 is 1.25 bits per heavy atom. The maximum atomic E-state index is 12.1. The molecule has 0 bridgehead atoms. The third kappa shape index (κ3) is 4.22. The van der Waals surface area contributed by atoms with E-state index in [1.54, 1.807) is 13.2 Å². The molecule has 1 unspecified atom stereocenters. The molecule has 0 saturated carbocycles. The fourth-order valence-electron chi connectivity index (χ4n) is 2.33. The molecule has 7 nitrogen and oxygen atoms in total. The van der Waals surface area contributed by atoms with E-state index in [0.29, 0.717) is 11.4 Å². The number of amides is 2. The Kier molecular flexibility index (Phi) is 5.36. The lowest BCUT2D eigenvalue weighted by molar-refractivity contribution is -0.384. The number of carbonyl (C=O) groups excluding carboxylic acids is 1. The van der Waals surface area contributed by atoms with E-state index in [2.05, 4.69) is 10.6 Å². The van der Waals surface area contributed by atoms with Crippen molar-refractivity contribution in [2.75, 3.05) is 12.4 Å². The second-order valence-electron chi connectivity index (χ2n) is 5.37. The second-order valence-corrected chi connectivity index (χ2v) is 5.37. The summed E-state index contributed by atoms with van der Waals surface area (Å²) < 4.78 is 5.32. The lowest BCUT2D eigenvalue weighted by atomic mass is 10.0. The molecule has 2 amide bonds. The molecule has 0 aliphatic rings. The highest BCUT2D eigenvalue weighted by Crippen LogP contribution is 2.26. The van der Waals surface area contributed by atoms with Crippen molar-refractivity contribution >= 4 is 17.4 Å². The molecular formula is C17H19N3O4. The summed E-state index contributed by atoms with van der Waals surface area (Å²) in [5.74, 6) is 0.684. The first-order valence-electron chi connectivity index (χ1n) is 7.37. The molecule has 2 aromatic carbocycles. The lowest BCUT2D eigenvalue weighted by Gasteiger charge is -2.18. The first-order valence-corrected chi connectivity index (χ1v) is 7.37. The molecule has 0 radical (unpaired) electrons. The average molecular weight is 329 g/mol. The maximum Gasteiger partial charge on any atom is 0.319 e. The summed E-state index contributed by atoms with van der Waals surface area (Å²) in [5, 5.41) is 16.2. The van der Waals surface area contributed by atoms with Gasteiger partial charge in [-0.1, -0.05) is 23.8 Å². The third-order valence-corrected chi connectivity index (χ3v) is 3.51. The number of anilines is 1. The van der Waals surface area contributed by atoms with Crippen molar-refractivity contribution in [3.05, 3.63) is 63.7 Å². The zero-order valence-corrected chi connectivity index (χ0v) is 13.7. The molecule has 24 heavy (non-hydrogen) atoms. The SMILES string of the molecule is COc1ccc(C)cc1C(C)NC(=O)Nc1cccc([N+](=O)[O-])c1. The van der Waals surface area contributed by atoms with Crippen LogP contribution in [0.25, 0.3) is 0 Å². The van der Waals surface area contributed by atoms with Crippen molar-refractivity contribution in [3.63, 3.8) is 0 Å². The predicted octanol–water partition coefficient (Wildman–Crippen LogP) is 3.79. The molecule has 1 atom stereocenters. The van der Waals surface area contributed by atoms with Crippen LogP contribution in [0.4, 0.5) is 16.2 Å². The summed E-state index contributed by atoms with van der Waals surface area (Å²) in [7, 11) is 1.57. The number of hydrogen-bond donors (Lipinski definition) is 2.